The number of carbonyl (C=O) groups is 3. The first-order chi connectivity index (χ1) is 13.2. The molecule has 1 saturated heterocycles. The van der Waals surface area contributed by atoms with E-state index >= 15 is 0 Å². The number of pyridine rings is 1. The van der Waals surface area contributed by atoms with Gasteiger partial charge in [-0.1, -0.05) is 13.0 Å². The van der Waals surface area contributed by atoms with Gasteiger partial charge in [0.2, 0.25) is 5.91 Å². The van der Waals surface area contributed by atoms with E-state index in [1.165, 1.54) is 23.6 Å². The van der Waals surface area contributed by atoms with Crippen LogP contribution < -0.4 is 5.32 Å². The van der Waals surface area contributed by atoms with E-state index in [0.717, 1.165) is 5.56 Å². The predicted molar refractivity (Wildman–Crippen MR) is 97.1 cm³/mol. The third-order valence-corrected chi connectivity index (χ3v) is 6.37. The van der Waals surface area contributed by atoms with Crippen molar-refractivity contribution in [2.45, 2.75) is 38.1 Å². The lowest BCUT2D eigenvalue weighted by atomic mass is 9.78. The topological polar surface area (TPSA) is 99.6 Å². The van der Waals surface area contributed by atoms with Crippen LogP contribution in [0, 0.1) is 11.8 Å². The van der Waals surface area contributed by atoms with Crippen LogP contribution in [0.3, 0.4) is 0 Å². The summed E-state index contributed by atoms with van der Waals surface area (Å²) in [5, 5.41) is 11.8. The zero-order valence-corrected chi connectivity index (χ0v) is 16.0. The maximum Gasteiger partial charge on any atom is 0.353 e. The quantitative estimate of drug-likeness (QED) is 0.665. The molecule has 1 aromatic rings. The zero-order valence-electron chi connectivity index (χ0n) is 15.1. The highest BCUT2D eigenvalue weighted by molar-refractivity contribution is 8.02. The molecule has 150 valence electrons. The molecular formula is C18H19F2N3O4S. The maximum atomic E-state index is 12.6. The average Bonchev–Trinajstić information content (AvgIpc) is 2.89. The van der Waals surface area contributed by atoms with Gasteiger partial charge in [0.15, 0.2) is 0 Å². The Morgan fingerprint density at radius 2 is 2.14 bits per heavy atom. The molecule has 0 saturated carbocycles. The largest absolute Gasteiger partial charge is 0.477 e. The van der Waals surface area contributed by atoms with E-state index in [2.05, 4.69) is 10.3 Å². The molecule has 7 nitrogen and oxygen atoms in total. The Morgan fingerprint density at radius 1 is 1.43 bits per heavy atom. The van der Waals surface area contributed by atoms with Crippen LogP contribution in [-0.2, 0) is 20.1 Å². The number of nitrogens with zero attached hydrogens (tertiary/aromatic N) is 2. The number of amides is 2. The highest BCUT2D eigenvalue weighted by atomic mass is 32.2. The first kappa shape index (κ1) is 20.2. The maximum absolute atomic E-state index is 12.6. The second-order valence-electron chi connectivity index (χ2n) is 6.78. The summed E-state index contributed by atoms with van der Waals surface area (Å²) in [6.07, 6.45) is 0.143. The molecule has 4 atom stereocenters. The van der Waals surface area contributed by atoms with E-state index < -0.39 is 42.2 Å². The SMILES string of the molecule is C[C@@H](NC(=O)C(F)F)[C@H]1C(=O)N2C(C(=O)O)=C(SCc3cccnc3)[C@H](C)[C@H]12. The molecule has 2 aliphatic heterocycles. The summed E-state index contributed by atoms with van der Waals surface area (Å²) in [7, 11) is 0. The van der Waals surface area contributed by atoms with Crippen LogP contribution in [0.2, 0.25) is 0 Å². The van der Waals surface area contributed by atoms with Gasteiger partial charge in [-0.25, -0.2) is 4.79 Å². The number of β-lactam (4-membered cyclic amide) rings is 1. The van der Waals surface area contributed by atoms with Gasteiger partial charge in [0.1, 0.15) is 5.70 Å². The number of hydrogen-bond acceptors (Lipinski definition) is 5. The van der Waals surface area contributed by atoms with Gasteiger partial charge in [0, 0.05) is 35.0 Å². The minimum Gasteiger partial charge on any atom is -0.477 e. The van der Waals surface area contributed by atoms with Crippen LogP contribution in [0.4, 0.5) is 8.78 Å². The fourth-order valence-electron chi connectivity index (χ4n) is 3.76. The smallest absolute Gasteiger partial charge is 0.353 e. The number of alkyl halides is 2. The van der Waals surface area contributed by atoms with Crippen molar-refractivity contribution in [2.75, 3.05) is 0 Å². The van der Waals surface area contributed by atoms with Crippen LogP contribution in [-0.4, -0.2) is 51.3 Å². The summed E-state index contributed by atoms with van der Waals surface area (Å²) in [5.74, 6) is -3.68. The summed E-state index contributed by atoms with van der Waals surface area (Å²) in [4.78, 5) is 41.5. The van der Waals surface area contributed by atoms with E-state index in [1.54, 1.807) is 25.4 Å². The fraction of sp³-hybridized carbons (Fsp3) is 0.444. The van der Waals surface area contributed by atoms with E-state index in [4.69, 9.17) is 0 Å². The van der Waals surface area contributed by atoms with E-state index in [1.807, 2.05) is 6.07 Å². The van der Waals surface area contributed by atoms with Crippen molar-refractivity contribution in [3.05, 3.63) is 40.7 Å². The lowest BCUT2D eigenvalue weighted by Gasteiger charge is -2.47. The van der Waals surface area contributed by atoms with Gasteiger partial charge in [-0.3, -0.25) is 14.6 Å². The normalized spacial score (nSPS) is 24.8. The number of carboxylic acids is 1. The number of aliphatic carboxylic acids is 1. The zero-order chi connectivity index (χ0) is 20.6. The standard InChI is InChI=1S/C18H19F2N3O4S/c1-8-12-11(9(2)22-16(24)15(19)20)17(25)23(12)13(18(26)27)14(8)28-7-10-4-3-5-21-6-10/h3-6,8-9,11-12,15H,7H2,1-2H3,(H,22,24)(H,26,27)/t8-,9-,11-,12-/m1/s1. The van der Waals surface area contributed by atoms with Crippen molar-refractivity contribution in [2.24, 2.45) is 11.8 Å². The molecule has 28 heavy (non-hydrogen) atoms. The van der Waals surface area contributed by atoms with Crippen molar-refractivity contribution in [1.82, 2.24) is 15.2 Å². The minimum absolute atomic E-state index is 0.0694. The van der Waals surface area contributed by atoms with Gasteiger partial charge in [-0.2, -0.15) is 8.78 Å². The Morgan fingerprint density at radius 3 is 2.71 bits per heavy atom. The van der Waals surface area contributed by atoms with Crippen LogP contribution in [0.5, 0.6) is 0 Å². The number of aromatic nitrogens is 1. The molecule has 2 aliphatic rings. The van der Waals surface area contributed by atoms with Crippen molar-refractivity contribution in [3.8, 4) is 0 Å². The van der Waals surface area contributed by atoms with Crippen molar-refractivity contribution >= 4 is 29.5 Å². The highest BCUT2D eigenvalue weighted by Gasteiger charge is 2.60. The molecule has 0 unspecified atom stereocenters. The molecule has 2 N–H and O–H groups in total. The summed E-state index contributed by atoms with van der Waals surface area (Å²) in [5.41, 5.74) is 0.839. The Kier molecular flexibility index (Phi) is 5.69. The molecule has 0 aliphatic carbocycles. The number of thioether (sulfide) groups is 1. The molecule has 0 bridgehead atoms. The van der Waals surface area contributed by atoms with Crippen molar-refractivity contribution in [1.29, 1.82) is 0 Å². The Hall–Kier alpha value is -2.49. The summed E-state index contributed by atoms with van der Waals surface area (Å²) in [6.45, 7) is 3.29. The first-order valence-electron chi connectivity index (χ1n) is 8.64. The number of carbonyl (C=O) groups excluding carboxylic acids is 2. The summed E-state index contributed by atoms with van der Waals surface area (Å²) < 4.78 is 25.0. The van der Waals surface area contributed by atoms with Gasteiger partial charge >= 0.3 is 12.4 Å². The Labute approximate surface area is 164 Å². The molecule has 3 heterocycles. The van der Waals surface area contributed by atoms with E-state index in [9.17, 15) is 28.3 Å². The van der Waals surface area contributed by atoms with Gasteiger partial charge in [-0.15, -0.1) is 11.8 Å². The molecule has 0 spiro atoms. The second-order valence-corrected chi connectivity index (χ2v) is 7.80. The van der Waals surface area contributed by atoms with Crippen LogP contribution in [0.15, 0.2) is 35.1 Å². The summed E-state index contributed by atoms with van der Waals surface area (Å²) >= 11 is 1.32. The molecule has 1 aromatic heterocycles. The predicted octanol–water partition coefficient (Wildman–Crippen LogP) is 1.86. The Balaban J connectivity index is 1.79. The molecule has 2 amide bonds. The van der Waals surface area contributed by atoms with Gasteiger partial charge in [0.25, 0.3) is 5.91 Å². The monoisotopic (exact) mass is 411 g/mol. The number of carboxylic acid groups (broad SMARTS) is 1. The minimum atomic E-state index is -3.17. The lowest BCUT2D eigenvalue weighted by molar-refractivity contribution is -0.159. The molecule has 10 heteroatoms. The van der Waals surface area contributed by atoms with Crippen LogP contribution >= 0.6 is 11.8 Å². The van der Waals surface area contributed by atoms with Crippen molar-refractivity contribution in [3.63, 3.8) is 0 Å². The fourth-order valence-corrected chi connectivity index (χ4v) is 4.97. The van der Waals surface area contributed by atoms with Gasteiger partial charge < -0.3 is 15.3 Å². The van der Waals surface area contributed by atoms with Crippen LogP contribution in [0.1, 0.15) is 19.4 Å². The third kappa shape index (κ3) is 3.48. The highest BCUT2D eigenvalue weighted by Crippen LogP contribution is 2.50. The second kappa shape index (κ2) is 7.86. The summed E-state index contributed by atoms with van der Waals surface area (Å²) in [6, 6.07) is 2.34. The molecular weight excluding hydrogens is 392 g/mol. The number of hydrogen-bond donors (Lipinski definition) is 2. The average molecular weight is 411 g/mol. The van der Waals surface area contributed by atoms with Gasteiger partial charge in [-0.05, 0) is 18.6 Å². The van der Waals surface area contributed by atoms with Crippen LogP contribution in [0.25, 0.3) is 0 Å². The lowest BCUT2D eigenvalue weighted by Crippen LogP contribution is -2.66. The number of nitrogens with one attached hydrogen (secondary N) is 1. The van der Waals surface area contributed by atoms with E-state index in [-0.39, 0.29) is 11.6 Å². The number of fused-ring (bicyclic) bond motifs is 1. The molecule has 0 aromatic carbocycles. The van der Waals surface area contributed by atoms with Crippen molar-refractivity contribution < 1.29 is 28.3 Å². The molecule has 0 radical (unpaired) electrons. The van der Waals surface area contributed by atoms with Gasteiger partial charge in [0.05, 0.1) is 12.0 Å². The molecule has 3 rings (SSSR count). The number of rotatable bonds is 7. The first-order valence-corrected chi connectivity index (χ1v) is 9.63. The van der Waals surface area contributed by atoms with E-state index in [0.29, 0.717) is 10.7 Å². The third-order valence-electron chi connectivity index (χ3n) is 5.02. The number of halogens is 2. The Bertz CT molecular complexity index is 833. The molecule has 1 fully saturated rings.